The molecule has 1 atom stereocenters. The van der Waals surface area contributed by atoms with Crippen LogP contribution < -0.4 is 5.32 Å². The van der Waals surface area contributed by atoms with Gasteiger partial charge in [-0.05, 0) is 36.8 Å². The average molecular weight is 270 g/mol. The van der Waals surface area contributed by atoms with E-state index in [1.165, 1.54) is 0 Å². The van der Waals surface area contributed by atoms with Crippen LogP contribution in [0.5, 0.6) is 0 Å². The molecule has 1 aromatic carbocycles. The summed E-state index contributed by atoms with van der Waals surface area (Å²) >= 11 is 0. The number of carbonyl (C=O) groups excluding carboxylic acids is 1. The minimum atomic E-state index is -0.879. The first kappa shape index (κ1) is 13.7. The molecule has 2 aromatic rings. The monoisotopic (exact) mass is 270 g/mol. The molecule has 1 heterocycles. The number of aliphatic carboxylic acids is 1. The molecule has 0 aliphatic heterocycles. The summed E-state index contributed by atoms with van der Waals surface area (Å²) in [6.07, 6.45) is 1.55. The first-order valence-electron chi connectivity index (χ1n) is 6.13. The van der Waals surface area contributed by atoms with E-state index in [4.69, 9.17) is 5.11 Å². The first-order chi connectivity index (χ1) is 9.58. The Labute approximate surface area is 116 Å². The second-order valence-corrected chi connectivity index (χ2v) is 4.35. The highest BCUT2D eigenvalue weighted by Crippen LogP contribution is 2.18. The lowest BCUT2D eigenvalue weighted by atomic mass is 10.0. The number of hydrogen-bond donors (Lipinski definition) is 2. The number of amides is 1. The number of pyridine rings is 1. The maximum atomic E-state index is 11.9. The molecule has 102 valence electrons. The summed E-state index contributed by atoms with van der Waals surface area (Å²) in [6, 6.07) is 11.8. The van der Waals surface area contributed by atoms with Gasteiger partial charge in [0.15, 0.2) is 0 Å². The van der Waals surface area contributed by atoms with Gasteiger partial charge >= 0.3 is 5.97 Å². The summed E-state index contributed by atoms with van der Waals surface area (Å²) in [5, 5.41) is 11.6. The minimum absolute atomic E-state index is 0.301. The van der Waals surface area contributed by atoms with Gasteiger partial charge in [0, 0.05) is 11.9 Å². The molecule has 0 saturated heterocycles. The van der Waals surface area contributed by atoms with Crippen molar-refractivity contribution in [2.24, 2.45) is 0 Å². The van der Waals surface area contributed by atoms with Gasteiger partial charge in [-0.2, -0.15) is 0 Å². The summed E-state index contributed by atoms with van der Waals surface area (Å²) in [6.45, 7) is 1.61. The summed E-state index contributed by atoms with van der Waals surface area (Å²) in [7, 11) is 0. The summed E-state index contributed by atoms with van der Waals surface area (Å²) in [4.78, 5) is 26.7. The lowest BCUT2D eigenvalue weighted by Gasteiger charge is -2.08. The Balaban J connectivity index is 2.08. The lowest BCUT2D eigenvalue weighted by Crippen LogP contribution is -2.13. The van der Waals surface area contributed by atoms with Gasteiger partial charge in [-0.3, -0.25) is 14.6 Å². The van der Waals surface area contributed by atoms with Gasteiger partial charge in [0.1, 0.15) is 5.69 Å². The van der Waals surface area contributed by atoms with Gasteiger partial charge in [0.25, 0.3) is 5.91 Å². The number of anilines is 1. The normalized spacial score (nSPS) is 11.7. The number of carbonyl (C=O) groups is 2. The number of hydrogen-bond acceptors (Lipinski definition) is 3. The van der Waals surface area contributed by atoms with Crippen LogP contribution in [0.4, 0.5) is 5.69 Å². The Morgan fingerprint density at radius 2 is 1.85 bits per heavy atom. The summed E-state index contributed by atoms with van der Waals surface area (Å²) < 4.78 is 0. The molecule has 0 fully saturated rings. The minimum Gasteiger partial charge on any atom is -0.481 e. The van der Waals surface area contributed by atoms with E-state index in [0.717, 1.165) is 0 Å². The van der Waals surface area contributed by atoms with E-state index in [0.29, 0.717) is 16.9 Å². The van der Waals surface area contributed by atoms with Gasteiger partial charge in [-0.1, -0.05) is 18.2 Å². The van der Waals surface area contributed by atoms with Crippen LogP contribution in [-0.2, 0) is 4.79 Å². The molecule has 0 saturated carbocycles. The Hall–Kier alpha value is -2.69. The third-order valence-corrected chi connectivity index (χ3v) is 2.94. The smallest absolute Gasteiger partial charge is 0.310 e. The largest absolute Gasteiger partial charge is 0.481 e. The fourth-order valence-electron chi connectivity index (χ4n) is 1.69. The van der Waals surface area contributed by atoms with E-state index in [1.807, 2.05) is 0 Å². The Bertz CT molecular complexity index is 609. The van der Waals surface area contributed by atoms with Crippen LogP contribution in [0.15, 0.2) is 48.7 Å². The molecule has 20 heavy (non-hydrogen) atoms. The zero-order chi connectivity index (χ0) is 14.5. The second-order valence-electron chi connectivity index (χ2n) is 4.35. The number of benzene rings is 1. The van der Waals surface area contributed by atoms with Crippen molar-refractivity contribution in [2.45, 2.75) is 12.8 Å². The number of nitrogens with one attached hydrogen (secondary N) is 1. The number of carboxylic acids is 1. The highest BCUT2D eigenvalue weighted by Gasteiger charge is 2.13. The fourth-order valence-corrected chi connectivity index (χ4v) is 1.69. The van der Waals surface area contributed by atoms with Crippen LogP contribution in [0.25, 0.3) is 0 Å². The predicted octanol–water partition coefficient (Wildman–Crippen LogP) is 2.52. The molecule has 5 nitrogen and oxygen atoms in total. The van der Waals surface area contributed by atoms with E-state index in [-0.39, 0.29) is 5.91 Å². The van der Waals surface area contributed by atoms with Crippen molar-refractivity contribution in [3.05, 3.63) is 59.9 Å². The van der Waals surface area contributed by atoms with Crippen molar-refractivity contribution < 1.29 is 14.7 Å². The number of carboxylic acid groups (broad SMARTS) is 1. The highest BCUT2D eigenvalue weighted by atomic mass is 16.4. The Morgan fingerprint density at radius 1 is 1.15 bits per heavy atom. The van der Waals surface area contributed by atoms with E-state index in [2.05, 4.69) is 10.3 Å². The molecule has 1 aromatic heterocycles. The van der Waals surface area contributed by atoms with Crippen molar-refractivity contribution in [1.29, 1.82) is 0 Å². The fraction of sp³-hybridized carbons (Fsp3) is 0.133. The molecule has 2 N–H and O–H groups in total. The van der Waals surface area contributed by atoms with Crippen molar-refractivity contribution in [2.75, 3.05) is 5.32 Å². The zero-order valence-electron chi connectivity index (χ0n) is 10.9. The van der Waals surface area contributed by atoms with E-state index in [9.17, 15) is 9.59 Å². The van der Waals surface area contributed by atoms with Crippen molar-refractivity contribution in [1.82, 2.24) is 4.98 Å². The molecular weight excluding hydrogens is 256 g/mol. The van der Waals surface area contributed by atoms with Gasteiger partial charge in [-0.25, -0.2) is 0 Å². The van der Waals surface area contributed by atoms with Gasteiger partial charge < -0.3 is 10.4 Å². The first-order valence-corrected chi connectivity index (χ1v) is 6.13. The van der Waals surface area contributed by atoms with Gasteiger partial charge in [-0.15, -0.1) is 0 Å². The van der Waals surface area contributed by atoms with E-state index >= 15 is 0 Å². The summed E-state index contributed by atoms with van der Waals surface area (Å²) in [5.74, 6) is -1.75. The topological polar surface area (TPSA) is 79.3 Å². The lowest BCUT2D eigenvalue weighted by molar-refractivity contribution is -0.138. The molecule has 1 amide bonds. The van der Waals surface area contributed by atoms with Crippen LogP contribution >= 0.6 is 0 Å². The maximum Gasteiger partial charge on any atom is 0.310 e. The Morgan fingerprint density at radius 3 is 2.40 bits per heavy atom. The number of rotatable bonds is 4. The van der Waals surface area contributed by atoms with Gasteiger partial charge in [0.05, 0.1) is 5.92 Å². The van der Waals surface area contributed by atoms with Crippen LogP contribution in [0, 0.1) is 0 Å². The van der Waals surface area contributed by atoms with Crippen LogP contribution in [0.3, 0.4) is 0 Å². The van der Waals surface area contributed by atoms with Crippen LogP contribution in [-0.4, -0.2) is 22.0 Å². The maximum absolute atomic E-state index is 11.9. The molecule has 2 rings (SSSR count). The standard InChI is InChI=1S/C15H14N2O3/c1-10(15(19)20)11-5-7-12(8-6-11)17-14(18)13-4-2-3-9-16-13/h2-10H,1H3,(H,17,18)(H,19,20)/t10-/m0/s1. The van der Waals surface area contributed by atoms with Crippen molar-refractivity contribution in [3.8, 4) is 0 Å². The van der Waals surface area contributed by atoms with Crippen molar-refractivity contribution in [3.63, 3.8) is 0 Å². The molecule has 0 spiro atoms. The SMILES string of the molecule is C[C@H](C(=O)O)c1ccc(NC(=O)c2ccccn2)cc1. The third kappa shape index (κ3) is 3.20. The highest BCUT2D eigenvalue weighted by molar-refractivity contribution is 6.02. The average Bonchev–Trinajstić information content (AvgIpc) is 2.48. The second kappa shape index (κ2) is 5.97. The zero-order valence-corrected chi connectivity index (χ0v) is 10.9. The molecule has 0 bridgehead atoms. The number of nitrogens with zero attached hydrogens (tertiary/aromatic N) is 1. The predicted molar refractivity (Wildman–Crippen MR) is 74.7 cm³/mol. The van der Waals surface area contributed by atoms with E-state index in [1.54, 1.807) is 55.6 Å². The third-order valence-electron chi connectivity index (χ3n) is 2.94. The molecule has 0 radical (unpaired) electrons. The van der Waals surface area contributed by atoms with Crippen LogP contribution in [0.2, 0.25) is 0 Å². The molecular formula is C15H14N2O3. The van der Waals surface area contributed by atoms with Crippen molar-refractivity contribution >= 4 is 17.6 Å². The Kier molecular flexibility index (Phi) is 4.10. The number of aromatic nitrogens is 1. The molecule has 0 aliphatic carbocycles. The van der Waals surface area contributed by atoms with Crippen LogP contribution in [0.1, 0.15) is 28.9 Å². The molecule has 0 unspecified atom stereocenters. The van der Waals surface area contributed by atoms with E-state index < -0.39 is 11.9 Å². The quantitative estimate of drug-likeness (QED) is 0.894. The molecule has 5 heteroatoms. The molecule has 0 aliphatic rings. The van der Waals surface area contributed by atoms with Gasteiger partial charge in [0.2, 0.25) is 0 Å². The summed E-state index contributed by atoms with van der Waals surface area (Å²) in [5.41, 5.74) is 1.62.